The van der Waals surface area contributed by atoms with Gasteiger partial charge in [0.15, 0.2) is 0 Å². The average Bonchev–Trinajstić information content (AvgIpc) is 3.73. The van der Waals surface area contributed by atoms with E-state index in [1.54, 1.807) is 0 Å². The van der Waals surface area contributed by atoms with E-state index in [0.717, 1.165) is 33.6 Å². The van der Waals surface area contributed by atoms with Gasteiger partial charge in [-0.3, -0.25) is 0 Å². The van der Waals surface area contributed by atoms with Crippen LogP contribution in [0.25, 0.3) is 64.0 Å². The van der Waals surface area contributed by atoms with E-state index in [0.29, 0.717) is 0 Å². The quantitative estimate of drug-likeness (QED) is 0.199. The predicted octanol–water partition coefficient (Wildman–Crippen LogP) is 12.9. The van der Waals surface area contributed by atoms with Gasteiger partial charge in [0.25, 0.3) is 0 Å². The molecule has 3 heteroatoms. The molecule has 218 valence electrons. The SMILES string of the molecule is CC1(C)c2ccccc2-c2ccc(N(c3ccccc3)c3ccc4oc5ccc6c(sc7ccc8ccccc8c76)c5c4c3)cc21. The highest BCUT2D eigenvalue weighted by Gasteiger charge is 2.35. The zero-order valence-electron chi connectivity index (χ0n) is 25.5. The van der Waals surface area contributed by atoms with Crippen molar-refractivity contribution in [3.05, 3.63) is 151 Å². The molecule has 2 nitrogen and oxygen atoms in total. The first-order valence-electron chi connectivity index (χ1n) is 15.9. The summed E-state index contributed by atoms with van der Waals surface area (Å²) in [5, 5.41) is 7.53. The Balaban J connectivity index is 1.21. The number of hydrogen-bond donors (Lipinski definition) is 0. The minimum absolute atomic E-state index is 0.0774. The molecular formula is C43H29NOS. The van der Waals surface area contributed by atoms with Crippen LogP contribution in [0, 0.1) is 0 Å². The third-order valence-electron chi connectivity index (χ3n) is 10.0. The molecule has 0 unspecified atom stereocenters. The molecule has 9 aromatic rings. The molecule has 1 aliphatic rings. The van der Waals surface area contributed by atoms with Crippen molar-refractivity contribution in [1.29, 1.82) is 0 Å². The summed E-state index contributed by atoms with van der Waals surface area (Å²) >= 11 is 1.87. The summed E-state index contributed by atoms with van der Waals surface area (Å²) < 4.78 is 9.09. The molecule has 10 rings (SSSR count). The second-order valence-corrected chi connectivity index (χ2v) is 14.0. The number of para-hydroxylation sites is 1. The third kappa shape index (κ3) is 3.52. The van der Waals surface area contributed by atoms with E-state index in [-0.39, 0.29) is 5.41 Å². The Morgan fingerprint density at radius 1 is 0.522 bits per heavy atom. The van der Waals surface area contributed by atoms with Crippen LogP contribution in [0.1, 0.15) is 25.0 Å². The van der Waals surface area contributed by atoms with Gasteiger partial charge in [0.05, 0.1) is 0 Å². The van der Waals surface area contributed by atoms with Crippen molar-refractivity contribution in [1.82, 2.24) is 0 Å². The smallest absolute Gasteiger partial charge is 0.136 e. The van der Waals surface area contributed by atoms with Crippen LogP contribution in [0.5, 0.6) is 0 Å². The Hall–Kier alpha value is -5.38. The van der Waals surface area contributed by atoms with Crippen LogP contribution in [0.4, 0.5) is 17.1 Å². The summed E-state index contributed by atoms with van der Waals surface area (Å²) in [5.74, 6) is 0. The minimum atomic E-state index is -0.0774. The normalized spacial score (nSPS) is 13.6. The van der Waals surface area contributed by atoms with Crippen LogP contribution in [0.3, 0.4) is 0 Å². The summed E-state index contributed by atoms with van der Waals surface area (Å²) in [6.07, 6.45) is 0. The molecule has 0 fully saturated rings. The largest absolute Gasteiger partial charge is 0.456 e. The number of anilines is 3. The molecule has 0 spiro atoms. The lowest BCUT2D eigenvalue weighted by atomic mass is 9.82. The molecule has 0 radical (unpaired) electrons. The van der Waals surface area contributed by atoms with Gasteiger partial charge < -0.3 is 9.32 Å². The van der Waals surface area contributed by atoms with Crippen LogP contribution < -0.4 is 4.90 Å². The predicted molar refractivity (Wildman–Crippen MR) is 196 cm³/mol. The molecule has 2 aromatic heterocycles. The monoisotopic (exact) mass is 607 g/mol. The molecule has 0 saturated carbocycles. The maximum absolute atomic E-state index is 6.50. The number of thiophene rings is 1. The van der Waals surface area contributed by atoms with Gasteiger partial charge >= 0.3 is 0 Å². The highest BCUT2D eigenvalue weighted by Crippen LogP contribution is 2.51. The van der Waals surface area contributed by atoms with E-state index in [2.05, 4.69) is 158 Å². The zero-order valence-corrected chi connectivity index (χ0v) is 26.4. The second-order valence-electron chi connectivity index (χ2n) is 12.9. The van der Waals surface area contributed by atoms with Gasteiger partial charge in [0.1, 0.15) is 11.2 Å². The van der Waals surface area contributed by atoms with E-state index in [1.807, 2.05) is 11.3 Å². The van der Waals surface area contributed by atoms with Crippen molar-refractivity contribution in [2.24, 2.45) is 0 Å². The van der Waals surface area contributed by atoms with E-state index < -0.39 is 0 Å². The third-order valence-corrected chi connectivity index (χ3v) is 11.2. The van der Waals surface area contributed by atoms with Crippen LogP contribution >= 0.6 is 11.3 Å². The van der Waals surface area contributed by atoms with Crippen molar-refractivity contribution in [2.45, 2.75) is 19.3 Å². The summed E-state index contributed by atoms with van der Waals surface area (Å²) in [7, 11) is 0. The van der Waals surface area contributed by atoms with Gasteiger partial charge in [-0.1, -0.05) is 92.7 Å². The molecule has 46 heavy (non-hydrogen) atoms. The van der Waals surface area contributed by atoms with Crippen LogP contribution in [-0.2, 0) is 5.41 Å². The molecule has 0 amide bonds. The Bertz CT molecular complexity index is 2680. The summed E-state index contributed by atoms with van der Waals surface area (Å²) in [6.45, 7) is 4.69. The van der Waals surface area contributed by atoms with Crippen molar-refractivity contribution >= 4 is 81.3 Å². The number of fused-ring (bicyclic) bond motifs is 12. The Morgan fingerprint density at radius 3 is 2.17 bits per heavy atom. The first kappa shape index (κ1) is 25.9. The lowest BCUT2D eigenvalue weighted by Crippen LogP contribution is -2.16. The van der Waals surface area contributed by atoms with E-state index >= 15 is 0 Å². The van der Waals surface area contributed by atoms with E-state index in [4.69, 9.17) is 4.42 Å². The lowest BCUT2D eigenvalue weighted by molar-refractivity contribution is 0.660. The molecule has 0 bridgehead atoms. The average molecular weight is 608 g/mol. The van der Waals surface area contributed by atoms with Gasteiger partial charge in [-0.25, -0.2) is 0 Å². The number of hydrogen-bond acceptors (Lipinski definition) is 3. The maximum Gasteiger partial charge on any atom is 0.136 e. The molecule has 0 atom stereocenters. The molecule has 7 aromatic carbocycles. The fraction of sp³-hybridized carbons (Fsp3) is 0.0698. The highest BCUT2D eigenvalue weighted by atomic mass is 32.1. The molecular weight excluding hydrogens is 579 g/mol. The van der Waals surface area contributed by atoms with E-state index in [9.17, 15) is 0 Å². The summed E-state index contributed by atoms with van der Waals surface area (Å²) in [6, 6.07) is 50.8. The minimum Gasteiger partial charge on any atom is -0.456 e. The number of nitrogens with zero attached hydrogens (tertiary/aromatic N) is 1. The summed E-state index contributed by atoms with van der Waals surface area (Å²) in [5.41, 5.74) is 10.6. The van der Waals surface area contributed by atoms with Crippen LogP contribution in [0.15, 0.2) is 144 Å². The van der Waals surface area contributed by atoms with Gasteiger partial charge in [-0.15, -0.1) is 11.3 Å². The molecule has 0 aliphatic heterocycles. The summed E-state index contributed by atoms with van der Waals surface area (Å²) in [4.78, 5) is 2.39. The second kappa shape index (κ2) is 9.32. The van der Waals surface area contributed by atoms with Gasteiger partial charge in [-0.2, -0.15) is 0 Å². The number of furan rings is 1. The van der Waals surface area contributed by atoms with E-state index in [1.165, 1.54) is 58.6 Å². The van der Waals surface area contributed by atoms with Crippen molar-refractivity contribution in [3.8, 4) is 11.1 Å². The number of rotatable bonds is 3. The molecule has 0 N–H and O–H groups in total. The fourth-order valence-electron chi connectivity index (χ4n) is 7.85. The van der Waals surface area contributed by atoms with Gasteiger partial charge in [-0.05, 0) is 93.7 Å². The highest BCUT2D eigenvalue weighted by molar-refractivity contribution is 7.27. The zero-order chi connectivity index (χ0) is 30.6. The first-order valence-corrected chi connectivity index (χ1v) is 16.7. The van der Waals surface area contributed by atoms with Crippen molar-refractivity contribution in [2.75, 3.05) is 4.90 Å². The van der Waals surface area contributed by atoms with Crippen molar-refractivity contribution in [3.63, 3.8) is 0 Å². The molecule has 0 saturated heterocycles. The Morgan fingerprint density at radius 2 is 1.26 bits per heavy atom. The van der Waals surface area contributed by atoms with Gasteiger partial charge in [0.2, 0.25) is 0 Å². The number of benzene rings is 7. The maximum atomic E-state index is 6.50. The van der Waals surface area contributed by atoms with Crippen LogP contribution in [0.2, 0.25) is 0 Å². The fourth-order valence-corrected chi connectivity index (χ4v) is 9.12. The lowest BCUT2D eigenvalue weighted by Gasteiger charge is -2.28. The Kier molecular flexibility index (Phi) is 5.25. The molecule has 1 aliphatic carbocycles. The molecule has 2 heterocycles. The van der Waals surface area contributed by atoms with Crippen LogP contribution in [-0.4, -0.2) is 0 Å². The van der Waals surface area contributed by atoms with Gasteiger partial charge in [0, 0.05) is 53.4 Å². The van der Waals surface area contributed by atoms with Crippen molar-refractivity contribution < 1.29 is 4.42 Å². The Labute approximate surface area is 270 Å². The first-order chi connectivity index (χ1) is 22.6. The topological polar surface area (TPSA) is 16.4 Å². The standard InChI is InChI=1S/C43H29NOS/c1-43(2)35-15-9-8-14-31(35)32-19-17-29(25-36(32)43)44(27-11-4-3-5-12-27)28-18-21-37-34(24-28)41-38(45-37)22-20-33-40-30-13-7-6-10-26(30)16-23-39(40)46-42(33)41/h3-25H,1-2H3.